The van der Waals surface area contributed by atoms with Crippen LogP contribution in [0.3, 0.4) is 0 Å². The number of allylic oxidation sites excluding steroid dienone is 1. The number of ether oxygens (including phenoxy) is 1. The molecular weight excluding hydrogens is 299 g/mol. The highest BCUT2D eigenvalue weighted by molar-refractivity contribution is 9.09. The van der Waals surface area contributed by atoms with E-state index in [4.69, 9.17) is 0 Å². The van der Waals surface area contributed by atoms with Crippen LogP contribution in [0.5, 0.6) is 5.88 Å². The molecule has 0 aromatic carbocycles. The van der Waals surface area contributed by atoms with Crippen molar-refractivity contribution in [1.82, 2.24) is 4.98 Å². The van der Waals surface area contributed by atoms with Crippen LogP contribution in [0.25, 0.3) is 6.08 Å². The summed E-state index contributed by atoms with van der Waals surface area (Å²) in [6, 6.07) is 1.02. The van der Waals surface area contributed by atoms with Crippen LogP contribution in [0.15, 0.2) is 18.3 Å². The van der Waals surface area contributed by atoms with Crippen molar-refractivity contribution in [2.45, 2.75) is 12.6 Å². The zero-order valence-electron chi connectivity index (χ0n) is 9.09. The number of hydrogen-bond acceptors (Lipinski definition) is 2. The Morgan fingerprint density at radius 1 is 1.47 bits per heavy atom. The van der Waals surface area contributed by atoms with Crippen LogP contribution in [0.4, 0.5) is 13.2 Å². The van der Waals surface area contributed by atoms with Crippen molar-refractivity contribution < 1.29 is 17.9 Å². The van der Waals surface area contributed by atoms with Gasteiger partial charge in [-0.15, -0.1) is 0 Å². The van der Waals surface area contributed by atoms with Gasteiger partial charge in [-0.05, 0) is 18.1 Å². The molecule has 1 aromatic rings. The van der Waals surface area contributed by atoms with Crippen molar-refractivity contribution in [2.24, 2.45) is 0 Å². The molecule has 0 radical (unpaired) electrons. The summed E-state index contributed by atoms with van der Waals surface area (Å²) < 4.78 is 42.5. The lowest BCUT2D eigenvalue weighted by Crippen LogP contribution is -2.09. The summed E-state index contributed by atoms with van der Waals surface area (Å²) in [5.74, 6) is -0.407. The first-order valence-electron chi connectivity index (χ1n) is 4.82. The largest absolute Gasteiger partial charge is 0.481 e. The summed E-state index contributed by atoms with van der Waals surface area (Å²) in [5.41, 5.74) is -0.458. The van der Waals surface area contributed by atoms with Gasteiger partial charge in [0.25, 0.3) is 0 Å². The normalized spacial score (nSPS) is 12.1. The van der Waals surface area contributed by atoms with Crippen LogP contribution in [0, 0.1) is 0 Å². The monoisotopic (exact) mass is 309 g/mol. The number of halogens is 4. The Hall–Kier alpha value is -1.04. The van der Waals surface area contributed by atoms with E-state index in [0.717, 1.165) is 24.9 Å². The van der Waals surface area contributed by atoms with Crippen molar-refractivity contribution >= 4 is 22.0 Å². The minimum absolute atomic E-state index is 0.402. The highest BCUT2D eigenvalue weighted by Crippen LogP contribution is 2.35. The quantitative estimate of drug-likeness (QED) is 0.787. The van der Waals surface area contributed by atoms with Crippen molar-refractivity contribution in [3.8, 4) is 5.88 Å². The SMILES string of the molecule is COc1ncc(C=CCCBr)cc1C(F)(F)F. The van der Waals surface area contributed by atoms with E-state index in [1.807, 2.05) is 0 Å². The second-order valence-corrected chi connectivity index (χ2v) is 4.00. The maximum Gasteiger partial charge on any atom is 0.421 e. The summed E-state index contributed by atoms with van der Waals surface area (Å²) in [4.78, 5) is 3.64. The molecule has 0 N–H and O–H groups in total. The fraction of sp³-hybridized carbons (Fsp3) is 0.364. The molecule has 2 nitrogen and oxygen atoms in total. The van der Waals surface area contributed by atoms with Gasteiger partial charge in [-0.2, -0.15) is 13.2 Å². The van der Waals surface area contributed by atoms with Gasteiger partial charge in [0.2, 0.25) is 5.88 Å². The lowest BCUT2D eigenvalue weighted by molar-refractivity contribution is -0.139. The number of alkyl halides is 4. The highest BCUT2D eigenvalue weighted by atomic mass is 79.9. The van der Waals surface area contributed by atoms with Crippen LogP contribution in [0.2, 0.25) is 0 Å². The van der Waals surface area contributed by atoms with Gasteiger partial charge in [0.05, 0.1) is 7.11 Å². The third kappa shape index (κ3) is 4.03. The first-order valence-corrected chi connectivity index (χ1v) is 5.95. The Morgan fingerprint density at radius 2 is 2.18 bits per heavy atom. The molecule has 0 bridgehead atoms. The van der Waals surface area contributed by atoms with E-state index < -0.39 is 17.6 Å². The molecule has 0 spiro atoms. The average molecular weight is 310 g/mol. The van der Waals surface area contributed by atoms with Crippen LogP contribution >= 0.6 is 15.9 Å². The molecule has 1 heterocycles. The predicted molar refractivity (Wildman–Crippen MR) is 63.2 cm³/mol. The second kappa shape index (κ2) is 6.05. The maximum atomic E-state index is 12.7. The third-order valence-corrected chi connectivity index (χ3v) is 2.41. The molecule has 0 aliphatic carbocycles. The molecular formula is C11H11BrF3NO. The first-order chi connectivity index (χ1) is 7.99. The topological polar surface area (TPSA) is 22.1 Å². The standard InChI is InChI=1S/C11H11BrF3NO/c1-17-10-9(11(13,14)15)6-8(7-16-10)4-2-3-5-12/h2,4,6-7H,3,5H2,1H3. The van der Waals surface area contributed by atoms with Gasteiger partial charge < -0.3 is 4.74 Å². The first kappa shape index (κ1) is 14.0. The number of pyridine rings is 1. The minimum Gasteiger partial charge on any atom is -0.481 e. The Morgan fingerprint density at radius 3 is 2.71 bits per heavy atom. The Labute approximate surface area is 106 Å². The van der Waals surface area contributed by atoms with Gasteiger partial charge in [-0.1, -0.05) is 28.1 Å². The molecule has 17 heavy (non-hydrogen) atoms. The summed E-state index contributed by atoms with van der Waals surface area (Å²) in [6.45, 7) is 0. The number of rotatable bonds is 4. The van der Waals surface area contributed by atoms with Crippen LogP contribution in [0.1, 0.15) is 17.5 Å². The molecule has 94 valence electrons. The van der Waals surface area contributed by atoms with E-state index >= 15 is 0 Å². The fourth-order valence-corrected chi connectivity index (χ4v) is 1.47. The van der Waals surface area contributed by atoms with Gasteiger partial charge >= 0.3 is 6.18 Å². The predicted octanol–water partition coefficient (Wildman–Crippen LogP) is 3.91. The minimum atomic E-state index is -4.46. The molecule has 0 atom stereocenters. The molecule has 0 aliphatic heterocycles. The lowest BCUT2D eigenvalue weighted by Gasteiger charge is -2.11. The molecule has 0 saturated carbocycles. The Balaban J connectivity index is 3.05. The molecule has 0 amide bonds. The molecule has 0 fully saturated rings. The Bertz CT molecular complexity index is 404. The van der Waals surface area contributed by atoms with E-state index in [-0.39, 0.29) is 0 Å². The number of nitrogens with zero attached hydrogens (tertiary/aromatic N) is 1. The Kier molecular flexibility index (Phi) is 4.99. The van der Waals surface area contributed by atoms with Crippen molar-refractivity contribution in [1.29, 1.82) is 0 Å². The van der Waals surface area contributed by atoms with E-state index in [1.54, 1.807) is 12.2 Å². The van der Waals surface area contributed by atoms with E-state index in [9.17, 15) is 13.2 Å². The molecule has 0 saturated heterocycles. The smallest absolute Gasteiger partial charge is 0.421 e. The zero-order valence-corrected chi connectivity index (χ0v) is 10.7. The molecule has 6 heteroatoms. The van der Waals surface area contributed by atoms with Crippen LogP contribution in [-0.2, 0) is 6.18 Å². The maximum absolute atomic E-state index is 12.7. The van der Waals surface area contributed by atoms with E-state index in [2.05, 4.69) is 25.7 Å². The fourth-order valence-electron chi connectivity index (χ4n) is 1.21. The zero-order chi connectivity index (χ0) is 12.9. The lowest BCUT2D eigenvalue weighted by atomic mass is 10.1. The summed E-state index contributed by atoms with van der Waals surface area (Å²) >= 11 is 3.23. The number of methoxy groups -OCH3 is 1. The molecule has 0 unspecified atom stereocenters. The van der Waals surface area contributed by atoms with E-state index in [1.165, 1.54) is 6.20 Å². The van der Waals surface area contributed by atoms with Crippen molar-refractivity contribution in [2.75, 3.05) is 12.4 Å². The molecule has 1 aromatic heterocycles. The molecule has 1 rings (SSSR count). The number of hydrogen-bond donors (Lipinski definition) is 0. The molecule has 0 aliphatic rings. The summed E-state index contributed by atoms with van der Waals surface area (Å²) in [5, 5.41) is 0.763. The highest BCUT2D eigenvalue weighted by Gasteiger charge is 2.35. The van der Waals surface area contributed by atoms with Gasteiger partial charge in [0.1, 0.15) is 5.56 Å². The van der Waals surface area contributed by atoms with Crippen LogP contribution in [-0.4, -0.2) is 17.4 Å². The van der Waals surface area contributed by atoms with Gasteiger partial charge in [0.15, 0.2) is 0 Å². The summed E-state index contributed by atoms with van der Waals surface area (Å²) in [7, 11) is 1.16. The number of aromatic nitrogens is 1. The van der Waals surface area contributed by atoms with Crippen molar-refractivity contribution in [3.05, 3.63) is 29.5 Å². The third-order valence-electron chi connectivity index (χ3n) is 1.96. The second-order valence-electron chi connectivity index (χ2n) is 3.20. The average Bonchev–Trinajstić information content (AvgIpc) is 2.28. The van der Waals surface area contributed by atoms with Gasteiger partial charge in [-0.3, -0.25) is 0 Å². The van der Waals surface area contributed by atoms with Crippen molar-refractivity contribution in [3.63, 3.8) is 0 Å². The van der Waals surface area contributed by atoms with Gasteiger partial charge in [-0.25, -0.2) is 4.98 Å². The summed E-state index contributed by atoms with van der Waals surface area (Å²) in [6.07, 6.45) is 1.01. The van der Waals surface area contributed by atoms with E-state index in [0.29, 0.717) is 5.56 Å². The van der Waals surface area contributed by atoms with Gasteiger partial charge in [0, 0.05) is 11.5 Å². The van der Waals surface area contributed by atoms with Crippen LogP contribution < -0.4 is 4.74 Å².